The molecule has 0 saturated heterocycles. The minimum Gasteiger partial charge on any atom is -0.480 e. The molecule has 0 aliphatic carbocycles. The number of aliphatic carboxylic acids is 1. The molecule has 116 valence electrons. The van der Waals surface area contributed by atoms with E-state index in [1.165, 1.54) is 11.6 Å². The van der Waals surface area contributed by atoms with E-state index in [1.807, 2.05) is 31.2 Å². The fraction of sp³-hybridized carbons (Fsp3) is 0.357. The van der Waals surface area contributed by atoms with Crippen molar-refractivity contribution in [3.63, 3.8) is 0 Å². The van der Waals surface area contributed by atoms with Crippen molar-refractivity contribution in [1.29, 1.82) is 0 Å². The highest BCUT2D eigenvalue weighted by Crippen LogP contribution is 2.09. The highest BCUT2D eigenvalue weighted by atomic mass is 16.4. The smallest absolute Gasteiger partial charge is 0.325 e. The van der Waals surface area contributed by atoms with Crippen LogP contribution in [-0.2, 0) is 22.6 Å². The molecule has 2 aromatic rings. The van der Waals surface area contributed by atoms with Gasteiger partial charge in [0, 0.05) is 0 Å². The standard InChI is InChI=1S/C14H17N5O3/c1-9-5-3-4-6-11(9)8-19-12(16-17-18-19)7-13(20)15-10(2)14(21)22/h3-6,10H,7-8H2,1-2H3,(H,15,20)(H,21,22). The van der Waals surface area contributed by atoms with Crippen molar-refractivity contribution >= 4 is 11.9 Å². The van der Waals surface area contributed by atoms with Crippen LogP contribution in [0, 0.1) is 6.92 Å². The number of carbonyl (C=O) groups is 2. The summed E-state index contributed by atoms with van der Waals surface area (Å²) < 4.78 is 1.54. The Morgan fingerprint density at radius 2 is 2.09 bits per heavy atom. The molecule has 0 bridgehead atoms. The molecule has 1 aromatic carbocycles. The first-order valence-corrected chi connectivity index (χ1v) is 6.79. The first-order chi connectivity index (χ1) is 10.5. The fourth-order valence-corrected chi connectivity index (χ4v) is 1.92. The van der Waals surface area contributed by atoms with Crippen LogP contribution in [-0.4, -0.2) is 43.2 Å². The molecule has 1 atom stereocenters. The van der Waals surface area contributed by atoms with Gasteiger partial charge in [0.2, 0.25) is 5.91 Å². The quantitative estimate of drug-likeness (QED) is 0.786. The van der Waals surface area contributed by atoms with Gasteiger partial charge in [-0.2, -0.15) is 0 Å². The molecule has 22 heavy (non-hydrogen) atoms. The van der Waals surface area contributed by atoms with Crippen molar-refractivity contribution < 1.29 is 14.7 Å². The summed E-state index contributed by atoms with van der Waals surface area (Å²) in [5, 5.41) is 22.4. The Hall–Kier alpha value is -2.77. The number of benzene rings is 1. The van der Waals surface area contributed by atoms with Gasteiger partial charge < -0.3 is 10.4 Å². The average molecular weight is 303 g/mol. The largest absolute Gasteiger partial charge is 0.480 e. The Labute approximate surface area is 127 Å². The number of aryl methyl sites for hydroxylation is 1. The molecule has 0 aliphatic rings. The minimum atomic E-state index is -1.09. The lowest BCUT2D eigenvalue weighted by Gasteiger charge is -2.10. The van der Waals surface area contributed by atoms with Crippen molar-refractivity contribution in [2.75, 3.05) is 0 Å². The van der Waals surface area contributed by atoms with Gasteiger partial charge >= 0.3 is 5.97 Å². The van der Waals surface area contributed by atoms with E-state index in [9.17, 15) is 9.59 Å². The number of aromatic nitrogens is 4. The lowest BCUT2D eigenvalue weighted by atomic mass is 10.1. The van der Waals surface area contributed by atoms with Gasteiger partial charge in [0.1, 0.15) is 6.04 Å². The van der Waals surface area contributed by atoms with Gasteiger partial charge in [-0.25, -0.2) is 4.68 Å². The van der Waals surface area contributed by atoms with Crippen LogP contribution in [0.1, 0.15) is 23.9 Å². The molecule has 1 unspecified atom stereocenters. The summed E-state index contributed by atoms with van der Waals surface area (Å²) in [5.74, 6) is -1.14. The summed E-state index contributed by atoms with van der Waals surface area (Å²) >= 11 is 0. The number of carboxylic acids is 1. The second kappa shape index (κ2) is 6.79. The van der Waals surface area contributed by atoms with Crippen molar-refractivity contribution in [3.05, 3.63) is 41.2 Å². The van der Waals surface area contributed by atoms with Gasteiger partial charge in [-0.3, -0.25) is 9.59 Å². The third kappa shape index (κ3) is 3.87. The van der Waals surface area contributed by atoms with Crippen LogP contribution in [0.25, 0.3) is 0 Å². The van der Waals surface area contributed by atoms with E-state index >= 15 is 0 Å². The summed E-state index contributed by atoms with van der Waals surface area (Å²) in [6.07, 6.45) is -0.0729. The van der Waals surface area contributed by atoms with E-state index in [-0.39, 0.29) is 6.42 Å². The molecule has 0 spiro atoms. The zero-order valence-electron chi connectivity index (χ0n) is 12.4. The number of nitrogens with one attached hydrogen (secondary N) is 1. The zero-order valence-corrected chi connectivity index (χ0v) is 12.4. The van der Waals surface area contributed by atoms with E-state index in [4.69, 9.17) is 5.11 Å². The summed E-state index contributed by atoms with van der Waals surface area (Å²) in [4.78, 5) is 22.5. The highest BCUT2D eigenvalue weighted by Gasteiger charge is 2.17. The van der Waals surface area contributed by atoms with Crippen LogP contribution in [0.3, 0.4) is 0 Å². The summed E-state index contributed by atoms with van der Waals surface area (Å²) in [7, 11) is 0. The second-order valence-corrected chi connectivity index (χ2v) is 4.98. The fourth-order valence-electron chi connectivity index (χ4n) is 1.92. The lowest BCUT2D eigenvalue weighted by Crippen LogP contribution is -2.39. The Balaban J connectivity index is 2.05. The number of carboxylic acid groups (broad SMARTS) is 1. The highest BCUT2D eigenvalue weighted by molar-refractivity contribution is 5.84. The van der Waals surface area contributed by atoms with Gasteiger partial charge in [0.25, 0.3) is 0 Å². The molecule has 1 heterocycles. The Morgan fingerprint density at radius 3 is 2.77 bits per heavy atom. The molecule has 8 nitrogen and oxygen atoms in total. The number of tetrazole rings is 1. The number of amides is 1. The maximum atomic E-state index is 11.8. The van der Waals surface area contributed by atoms with Gasteiger partial charge in [-0.1, -0.05) is 24.3 Å². The number of hydrogen-bond donors (Lipinski definition) is 2. The maximum absolute atomic E-state index is 11.8. The molecule has 0 aliphatic heterocycles. The summed E-state index contributed by atoms with van der Waals surface area (Å²) in [6, 6.07) is 6.87. The molecular formula is C14H17N5O3. The minimum absolute atomic E-state index is 0.0729. The molecule has 0 saturated carbocycles. The van der Waals surface area contributed by atoms with Crippen LogP contribution in [0.2, 0.25) is 0 Å². The van der Waals surface area contributed by atoms with Crippen molar-refractivity contribution in [1.82, 2.24) is 25.5 Å². The summed E-state index contributed by atoms with van der Waals surface area (Å²) in [5.41, 5.74) is 2.16. The predicted molar refractivity (Wildman–Crippen MR) is 77.0 cm³/mol. The SMILES string of the molecule is Cc1ccccc1Cn1nnnc1CC(=O)NC(C)C(=O)O. The third-order valence-corrected chi connectivity index (χ3v) is 3.25. The average Bonchev–Trinajstić information content (AvgIpc) is 2.88. The Kier molecular flexibility index (Phi) is 4.82. The number of hydrogen-bond acceptors (Lipinski definition) is 5. The van der Waals surface area contributed by atoms with Gasteiger partial charge in [0.15, 0.2) is 5.82 Å². The van der Waals surface area contributed by atoms with Gasteiger partial charge in [-0.05, 0) is 35.4 Å². The first-order valence-electron chi connectivity index (χ1n) is 6.79. The number of rotatable bonds is 6. The topological polar surface area (TPSA) is 110 Å². The normalized spacial score (nSPS) is 11.9. The first kappa shape index (κ1) is 15.6. The van der Waals surface area contributed by atoms with Crippen molar-refractivity contribution in [2.45, 2.75) is 32.9 Å². The number of nitrogens with zero attached hydrogens (tertiary/aromatic N) is 4. The molecule has 1 aromatic heterocycles. The monoisotopic (exact) mass is 303 g/mol. The van der Waals surface area contributed by atoms with E-state index in [1.54, 1.807) is 0 Å². The van der Waals surface area contributed by atoms with E-state index in [2.05, 4.69) is 20.8 Å². The van der Waals surface area contributed by atoms with Crippen molar-refractivity contribution in [3.8, 4) is 0 Å². The molecule has 0 fully saturated rings. The molecular weight excluding hydrogens is 286 g/mol. The molecule has 2 N–H and O–H groups in total. The predicted octanol–water partition coefficient (Wildman–Crippen LogP) is 0.162. The molecule has 0 radical (unpaired) electrons. The lowest BCUT2D eigenvalue weighted by molar-refractivity contribution is -0.141. The molecule has 8 heteroatoms. The van der Waals surface area contributed by atoms with E-state index < -0.39 is 17.9 Å². The summed E-state index contributed by atoms with van der Waals surface area (Å²) in [6.45, 7) is 3.84. The molecule has 1 amide bonds. The van der Waals surface area contributed by atoms with Crippen LogP contribution < -0.4 is 5.32 Å². The van der Waals surface area contributed by atoms with E-state index in [0.717, 1.165) is 11.1 Å². The third-order valence-electron chi connectivity index (χ3n) is 3.25. The Morgan fingerprint density at radius 1 is 1.36 bits per heavy atom. The maximum Gasteiger partial charge on any atom is 0.325 e. The van der Waals surface area contributed by atoms with Crippen LogP contribution in [0.15, 0.2) is 24.3 Å². The second-order valence-electron chi connectivity index (χ2n) is 4.98. The van der Waals surface area contributed by atoms with Crippen molar-refractivity contribution in [2.24, 2.45) is 0 Å². The van der Waals surface area contributed by atoms with Crippen LogP contribution in [0.5, 0.6) is 0 Å². The number of carbonyl (C=O) groups excluding carboxylic acids is 1. The zero-order chi connectivity index (χ0) is 16.1. The molecule has 2 rings (SSSR count). The van der Waals surface area contributed by atoms with Gasteiger partial charge in [-0.15, -0.1) is 5.10 Å². The van der Waals surface area contributed by atoms with Crippen LogP contribution in [0.4, 0.5) is 0 Å². The Bertz CT molecular complexity index is 683. The van der Waals surface area contributed by atoms with Gasteiger partial charge in [0.05, 0.1) is 13.0 Å². The van der Waals surface area contributed by atoms with Crippen LogP contribution >= 0.6 is 0 Å². The van der Waals surface area contributed by atoms with E-state index in [0.29, 0.717) is 12.4 Å².